The van der Waals surface area contributed by atoms with Crippen LogP contribution in [0.4, 0.5) is 4.39 Å². The van der Waals surface area contributed by atoms with E-state index in [1.165, 1.54) is 23.1 Å². The Labute approximate surface area is 130 Å². The number of benzene rings is 1. The van der Waals surface area contributed by atoms with Crippen LogP contribution in [0.15, 0.2) is 18.2 Å². The Morgan fingerprint density at radius 3 is 2.77 bits per heavy atom. The van der Waals surface area contributed by atoms with Gasteiger partial charge in [0.1, 0.15) is 5.82 Å². The lowest BCUT2D eigenvalue weighted by Gasteiger charge is -2.22. The lowest BCUT2D eigenvalue weighted by molar-refractivity contribution is -0.131. The smallest absolute Gasteiger partial charge is 0.236 e. The van der Waals surface area contributed by atoms with Gasteiger partial charge in [-0.15, -0.1) is 0 Å². The molecule has 0 bridgehead atoms. The highest BCUT2D eigenvalue weighted by Gasteiger charge is 2.14. The minimum absolute atomic E-state index is 0.0957. The first-order valence-corrected chi connectivity index (χ1v) is 7.08. The molecule has 0 saturated carbocycles. The summed E-state index contributed by atoms with van der Waals surface area (Å²) in [6, 6.07) is 6.12. The van der Waals surface area contributed by atoms with Gasteiger partial charge in [0.05, 0.1) is 18.2 Å². The molecule has 22 heavy (non-hydrogen) atoms. The van der Waals surface area contributed by atoms with Gasteiger partial charge in [-0.1, -0.05) is 0 Å². The van der Waals surface area contributed by atoms with Gasteiger partial charge in [0, 0.05) is 39.4 Å². The van der Waals surface area contributed by atoms with Crippen molar-refractivity contribution in [1.82, 2.24) is 9.80 Å². The molecule has 1 aromatic carbocycles. The number of hydrogen-bond acceptors (Lipinski definition) is 4. The minimum atomic E-state index is -0.410. The molecule has 120 valence electrons. The second-order valence-electron chi connectivity index (χ2n) is 5.25. The molecule has 0 aliphatic heterocycles. The maximum atomic E-state index is 13.7. The van der Waals surface area contributed by atoms with Gasteiger partial charge >= 0.3 is 0 Å². The second-order valence-corrected chi connectivity index (χ2v) is 5.25. The van der Waals surface area contributed by atoms with E-state index < -0.39 is 5.82 Å². The number of nitrogens with zero attached hydrogens (tertiary/aromatic N) is 3. The Morgan fingerprint density at radius 1 is 1.41 bits per heavy atom. The number of nitriles is 1. The second kappa shape index (κ2) is 9.13. The molecule has 0 aromatic heterocycles. The fourth-order valence-electron chi connectivity index (χ4n) is 2.02. The summed E-state index contributed by atoms with van der Waals surface area (Å²) in [6.07, 6.45) is 0.850. The number of carbonyl (C=O) groups is 1. The summed E-state index contributed by atoms with van der Waals surface area (Å²) in [5.41, 5.74) is 0.728. The summed E-state index contributed by atoms with van der Waals surface area (Å²) in [6.45, 7) is 1.82. The van der Waals surface area contributed by atoms with E-state index in [1.807, 2.05) is 18.0 Å². The molecular weight excluding hydrogens is 285 g/mol. The van der Waals surface area contributed by atoms with Crippen LogP contribution >= 0.6 is 0 Å². The van der Waals surface area contributed by atoms with Gasteiger partial charge in [-0.3, -0.25) is 9.69 Å². The molecule has 0 N–H and O–H groups in total. The zero-order valence-electron chi connectivity index (χ0n) is 13.3. The van der Waals surface area contributed by atoms with E-state index >= 15 is 0 Å². The number of hydrogen-bond donors (Lipinski definition) is 0. The maximum absolute atomic E-state index is 13.7. The van der Waals surface area contributed by atoms with Crippen molar-refractivity contribution in [2.45, 2.75) is 13.0 Å². The van der Waals surface area contributed by atoms with E-state index in [2.05, 4.69) is 0 Å². The number of rotatable bonds is 8. The average Bonchev–Trinajstić information content (AvgIpc) is 2.49. The van der Waals surface area contributed by atoms with E-state index in [0.717, 1.165) is 13.0 Å². The molecule has 0 atom stereocenters. The number of amides is 1. The molecule has 0 aliphatic carbocycles. The third-order valence-electron chi connectivity index (χ3n) is 3.30. The number of carbonyl (C=O) groups excluding carboxylic acids is 1. The standard InChI is InChI=1S/C16H22FN3O2/c1-19(7-4-8-22-3)12-16(21)20(2)11-14-9-13(10-18)5-6-15(14)17/h5-6,9H,4,7-8,11-12H2,1-3H3. The van der Waals surface area contributed by atoms with E-state index in [4.69, 9.17) is 10.00 Å². The number of ether oxygens (including phenoxy) is 1. The number of methoxy groups -OCH3 is 1. The molecule has 0 heterocycles. The minimum Gasteiger partial charge on any atom is -0.385 e. The predicted molar refractivity (Wildman–Crippen MR) is 81.6 cm³/mol. The summed E-state index contributed by atoms with van der Waals surface area (Å²) in [5.74, 6) is -0.506. The third kappa shape index (κ3) is 5.80. The van der Waals surface area contributed by atoms with Crippen molar-refractivity contribution < 1.29 is 13.9 Å². The SMILES string of the molecule is COCCCN(C)CC(=O)N(C)Cc1cc(C#N)ccc1F. The van der Waals surface area contributed by atoms with Crippen molar-refractivity contribution in [3.05, 3.63) is 35.1 Å². The first-order chi connectivity index (χ1) is 10.5. The summed E-state index contributed by atoms with van der Waals surface area (Å²) in [5, 5.41) is 8.85. The zero-order chi connectivity index (χ0) is 16.5. The molecule has 0 unspecified atom stereocenters. The predicted octanol–water partition coefficient (Wildman–Crippen LogP) is 1.62. The van der Waals surface area contributed by atoms with Crippen molar-refractivity contribution in [2.75, 3.05) is 40.9 Å². The molecule has 0 fully saturated rings. The molecule has 0 radical (unpaired) electrons. The van der Waals surface area contributed by atoms with Crippen LogP contribution in [0, 0.1) is 17.1 Å². The summed E-state index contributed by atoms with van der Waals surface area (Å²) in [4.78, 5) is 15.5. The van der Waals surface area contributed by atoms with Crippen LogP contribution in [0.1, 0.15) is 17.5 Å². The van der Waals surface area contributed by atoms with Crippen molar-refractivity contribution in [2.24, 2.45) is 0 Å². The van der Waals surface area contributed by atoms with Crippen molar-refractivity contribution in [3.8, 4) is 6.07 Å². The Morgan fingerprint density at radius 2 is 2.14 bits per heavy atom. The molecule has 1 aromatic rings. The van der Waals surface area contributed by atoms with Gasteiger partial charge in [-0.25, -0.2) is 4.39 Å². The zero-order valence-corrected chi connectivity index (χ0v) is 13.3. The van der Waals surface area contributed by atoms with Crippen molar-refractivity contribution in [3.63, 3.8) is 0 Å². The summed E-state index contributed by atoms with van der Waals surface area (Å²) >= 11 is 0. The quantitative estimate of drug-likeness (QED) is 0.685. The van der Waals surface area contributed by atoms with Gasteiger partial charge in [0.15, 0.2) is 0 Å². The summed E-state index contributed by atoms with van der Waals surface area (Å²) < 4.78 is 18.7. The van der Waals surface area contributed by atoms with Gasteiger partial charge in [-0.2, -0.15) is 5.26 Å². The monoisotopic (exact) mass is 307 g/mol. The lowest BCUT2D eigenvalue weighted by Crippen LogP contribution is -2.37. The summed E-state index contributed by atoms with van der Waals surface area (Å²) in [7, 11) is 5.13. The fourth-order valence-corrected chi connectivity index (χ4v) is 2.02. The van der Waals surface area contributed by atoms with Crippen LogP contribution < -0.4 is 0 Å². The molecule has 1 rings (SSSR count). The lowest BCUT2D eigenvalue weighted by atomic mass is 10.1. The molecule has 5 nitrogen and oxygen atoms in total. The topological polar surface area (TPSA) is 56.6 Å². The Balaban J connectivity index is 2.55. The van der Waals surface area contributed by atoms with Crippen LogP contribution in [0.5, 0.6) is 0 Å². The maximum Gasteiger partial charge on any atom is 0.236 e. The molecule has 0 aliphatic rings. The van der Waals surface area contributed by atoms with E-state index in [1.54, 1.807) is 14.2 Å². The Kier molecular flexibility index (Phi) is 7.50. The van der Waals surface area contributed by atoms with Gasteiger partial charge in [-0.05, 0) is 31.7 Å². The highest BCUT2D eigenvalue weighted by Crippen LogP contribution is 2.12. The van der Waals surface area contributed by atoms with E-state index in [9.17, 15) is 9.18 Å². The van der Waals surface area contributed by atoms with Crippen molar-refractivity contribution >= 4 is 5.91 Å². The highest BCUT2D eigenvalue weighted by molar-refractivity contribution is 5.77. The van der Waals surface area contributed by atoms with Crippen LogP contribution in [-0.2, 0) is 16.1 Å². The molecule has 1 amide bonds. The van der Waals surface area contributed by atoms with Gasteiger partial charge in [0.2, 0.25) is 5.91 Å². The molecule has 6 heteroatoms. The normalized spacial score (nSPS) is 10.5. The van der Waals surface area contributed by atoms with Crippen LogP contribution in [0.25, 0.3) is 0 Å². The van der Waals surface area contributed by atoms with Crippen molar-refractivity contribution in [1.29, 1.82) is 5.26 Å². The van der Waals surface area contributed by atoms with Gasteiger partial charge in [0.25, 0.3) is 0 Å². The van der Waals surface area contributed by atoms with Crippen LogP contribution in [-0.4, -0.2) is 56.6 Å². The van der Waals surface area contributed by atoms with E-state index in [-0.39, 0.29) is 19.0 Å². The molecular formula is C16H22FN3O2. The number of likely N-dealkylation sites (N-methyl/N-ethyl adjacent to an activating group) is 2. The van der Waals surface area contributed by atoms with Crippen LogP contribution in [0.2, 0.25) is 0 Å². The first-order valence-electron chi connectivity index (χ1n) is 7.08. The van der Waals surface area contributed by atoms with Crippen LogP contribution in [0.3, 0.4) is 0 Å². The molecule has 0 spiro atoms. The van der Waals surface area contributed by atoms with Gasteiger partial charge < -0.3 is 9.64 Å². The Hall–Kier alpha value is -1.97. The number of halogens is 1. The highest BCUT2D eigenvalue weighted by atomic mass is 19.1. The Bertz CT molecular complexity index is 543. The molecule has 0 saturated heterocycles. The van der Waals surface area contributed by atoms with E-state index in [0.29, 0.717) is 17.7 Å². The third-order valence-corrected chi connectivity index (χ3v) is 3.30. The average molecular weight is 307 g/mol. The first kappa shape index (κ1) is 18.1. The fraction of sp³-hybridized carbons (Fsp3) is 0.500. The largest absolute Gasteiger partial charge is 0.385 e.